The summed E-state index contributed by atoms with van der Waals surface area (Å²) in [5.41, 5.74) is 2.40. The predicted octanol–water partition coefficient (Wildman–Crippen LogP) is 4.83. The molecule has 1 aromatic heterocycles. The van der Waals surface area contributed by atoms with E-state index in [2.05, 4.69) is 10.3 Å². The van der Waals surface area contributed by atoms with Crippen molar-refractivity contribution in [3.05, 3.63) is 65.5 Å². The first-order chi connectivity index (χ1) is 9.70. The standard InChI is InChI=1S/C15H10F2N2S/c16-11-3-1-10(2-4-11)14-9-20-15(19-14)18-13-7-5-12(17)6-8-13/h1-9H,(H,18,19). The Hall–Kier alpha value is -2.27. The number of benzene rings is 2. The second kappa shape index (κ2) is 5.38. The average molecular weight is 288 g/mol. The molecule has 0 amide bonds. The van der Waals surface area contributed by atoms with Gasteiger partial charge in [0.15, 0.2) is 5.13 Å². The number of hydrogen-bond donors (Lipinski definition) is 1. The van der Waals surface area contributed by atoms with E-state index in [9.17, 15) is 8.78 Å². The number of rotatable bonds is 3. The first-order valence-electron chi connectivity index (χ1n) is 5.95. The van der Waals surface area contributed by atoms with Crippen LogP contribution in [0.3, 0.4) is 0 Å². The van der Waals surface area contributed by atoms with Crippen molar-refractivity contribution >= 4 is 22.2 Å². The van der Waals surface area contributed by atoms with Crippen LogP contribution in [-0.4, -0.2) is 4.98 Å². The first-order valence-corrected chi connectivity index (χ1v) is 6.83. The van der Waals surface area contributed by atoms with Gasteiger partial charge in [0.1, 0.15) is 11.6 Å². The Morgan fingerprint density at radius 1 is 0.850 bits per heavy atom. The van der Waals surface area contributed by atoms with E-state index in [4.69, 9.17) is 0 Å². The van der Waals surface area contributed by atoms with Crippen LogP contribution in [-0.2, 0) is 0 Å². The Bertz CT molecular complexity index is 705. The van der Waals surface area contributed by atoms with Crippen LogP contribution < -0.4 is 5.32 Å². The summed E-state index contributed by atoms with van der Waals surface area (Å²) < 4.78 is 25.7. The van der Waals surface area contributed by atoms with Gasteiger partial charge in [-0.1, -0.05) is 0 Å². The van der Waals surface area contributed by atoms with Crippen LogP contribution in [0.15, 0.2) is 53.9 Å². The molecule has 0 saturated heterocycles. The van der Waals surface area contributed by atoms with Crippen molar-refractivity contribution < 1.29 is 8.78 Å². The third-order valence-electron chi connectivity index (χ3n) is 2.74. The van der Waals surface area contributed by atoms with Gasteiger partial charge in [0.25, 0.3) is 0 Å². The molecule has 2 nitrogen and oxygen atoms in total. The van der Waals surface area contributed by atoms with E-state index < -0.39 is 0 Å². The average Bonchev–Trinajstić information content (AvgIpc) is 2.91. The highest BCUT2D eigenvalue weighted by molar-refractivity contribution is 7.14. The fourth-order valence-corrected chi connectivity index (χ4v) is 2.48. The molecular weight excluding hydrogens is 278 g/mol. The van der Waals surface area contributed by atoms with E-state index in [0.29, 0.717) is 5.13 Å². The Morgan fingerprint density at radius 3 is 2.10 bits per heavy atom. The van der Waals surface area contributed by atoms with Crippen LogP contribution in [0.5, 0.6) is 0 Å². The predicted molar refractivity (Wildman–Crippen MR) is 77.2 cm³/mol. The molecule has 0 saturated carbocycles. The van der Waals surface area contributed by atoms with E-state index >= 15 is 0 Å². The molecule has 0 unspecified atom stereocenters. The van der Waals surface area contributed by atoms with Gasteiger partial charge in [0.05, 0.1) is 5.69 Å². The highest BCUT2D eigenvalue weighted by Gasteiger charge is 2.05. The molecule has 0 aliphatic heterocycles. The van der Waals surface area contributed by atoms with Gasteiger partial charge in [-0.15, -0.1) is 11.3 Å². The lowest BCUT2D eigenvalue weighted by Crippen LogP contribution is -1.89. The van der Waals surface area contributed by atoms with Crippen molar-refractivity contribution in [1.29, 1.82) is 0 Å². The van der Waals surface area contributed by atoms with Gasteiger partial charge in [-0.3, -0.25) is 0 Å². The molecule has 1 heterocycles. The number of thiazole rings is 1. The van der Waals surface area contributed by atoms with E-state index in [0.717, 1.165) is 16.9 Å². The molecule has 0 atom stereocenters. The molecule has 1 N–H and O–H groups in total. The molecule has 0 radical (unpaired) electrons. The molecule has 0 fully saturated rings. The quantitative estimate of drug-likeness (QED) is 0.746. The molecule has 3 aromatic rings. The normalized spacial score (nSPS) is 10.5. The van der Waals surface area contributed by atoms with Crippen LogP contribution in [0.25, 0.3) is 11.3 Å². The maximum absolute atomic E-state index is 12.9. The fraction of sp³-hybridized carbons (Fsp3) is 0. The van der Waals surface area contributed by atoms with Crippen molar-refractivity contribution in [3.63, 3.8) is 0 Å². The summed E-state index contributed by atoms with van der Waals surface area (Å²) in [4.78, 5) is 4.42. The second-order valence-corrected chi connectivity index (χ2v) is 5.03. The minimum atomic E-state index is -0.276. The van der Waals surface area contributed by atoms with Gasteiger partial charge in [0, 0.05) is 16.6 Å². The van der Waals surface area contributed by atoms with Crippen molar-refractivity contribution in [2.24, 2.45) is 0 Å². The Kier molecular flexibility index (Phi) is 3.43. The molecular formula is C15H10F2N2S. The van der Waals surface area contributed by atoms with Crippen LogP contribution in [0.2, 0.25) is 0 Å². The van der Waals surface area contributed by atoms with Gasteiger partial charge in [-0.25, -0.2) is 13.8 Å². The fourth-order valence-electron chi connectivity index (χ4n) is 1.74. The monoisotopic (exact) mass is 288 g/mol. The third kappa shape index (κ3) is 2.83. The number of hydrogen-bond acceptors (Lipinski definition) is 3. The van der Waals surface area contributed by atoms with E-state index in [1.54, 1.807) is 24.3 Å². The highest BCUT2D eigenvalue weighted by atomic mass is 32.1. The first kappa shape index (κ1) is 12.7. The van der Waals surface area contributed by atoms with E-state index in [1.807, 2.05) is 5.38 Å². The topological polar surface area (TPSA) is 24.9 Å². The van der Waals surface area contributed by atoms with Gasteiger partial charge in [0.2, 0.25) is 0 Å². The number of halogens is 2. The number of nitrogens with zero attached hydrogens (tertiary/aromatic N) is 1. The highest BCUT2D eigenvalue weighted by Crippen LogP contribution is 2.27. The summed E-state index contributed by atoms with van der Waals surface area (Å²) in [5.74, 6) is -0.546. The summed E-state index contributed by atoms with van der Waals surface area (Å²) in [7, 11) is 0. The maximum atomic E-state index is 12.9. The molecule has 0 aliphatic rings. The van der Waals surface area contributed by atoms with E-state index in [1.165, 1.54) is 35.6 Å². The molecule has 20 heavy (non-hydrogen) atoms. The molecule has 0 spiro atoms. The van der Waals surface area contributed by atoms with Gasteiger partial charge < -0.3 is 5.32 Å². The number of anilines is 2. The number of aromatic nitrogens is 1. The molecule has 0 bridgehead atoms. The second-order valence-electron chi connectivity index (χ2n) is 4.18. The zero-order valence-electron chi connectivity index (χ0n) is 10.3. The van der Waals surface area contributed by atoms with E-state index in [-0.39, 0.29) is 11.6 Å². The van der Waals surface area contributed by atoms with Gasteiger partial charge >= 0.3 is 0 Å². The van der Waals surface area contributed by atoms with Crippen LogP contribution in [0.4, 0.5) is 19.6 Å². The van der Waals surface area contributed by atoms with Crippen molar-refractivity contribution in [2.45, 2.75) is 0 Å². The zero-order chi connectivity index (χ0) is 13.9. The number of nitrogens with one attached hydrogen (secondary N) is 1. The summed E-state index contributed by atoms with van der Waals surface area (Å²) in [6.45, 7) is 0. The third-order valence-corrected chi connectivity index (χ3v) is 3.50. The Labute approximate surface area is 118 Å². The molecule has 100 valence electrons. The zero-order valence-corrected chi connectivity index (χ0v) is 11.1. The van der Waals surface area contributed by atoms with Crippen molar-refractivity contribution in [1.82, 2.24) is 4.98 Å². The largest absolute Gasteiger partial charge is 0.332 e. The van der Waals surface area contributed by atoms with Crippen LogP contribution in [0, 0.1) is 11.6 Å². The summed E-state index contributed by atoms with van der Waals surface area (Å²) in [6, 6.07) is 12.2. The van der Waals surface area contributed by atoms with Crippen LogP contribution in [0.1, 0.15) is 0 Å². The summed E-state index contributed by atoms with van der Waals surface area (Å²) in [6.07, 6.45) is 0. The summed E-state index contributed by atoms with van der Waals surface area (Å²) >= 11 is 1.44. The lowest BCUT2D eigenvalue weighted by atomic mass is 10.2. The summed E-state index contributed by atoms with van der Waals surface area (Å²) in [5, 5.41) is 5.69. The van der Waals surface area contributed by atoms with Gasteiger partial charge in [-0.2, -0.15) is 0 Å². The Morgan fingerprint density at radius 2 is 1.45 bits per heavy atom. The molecule has 5 heteroatoms. The minimum absolute atomic E-state index is 0.270. The minimum Gasteiger partial charge on any atom is -0.332 e. The maximum Gasteiger partial charge on any atom is 0.187 e. The molecule has 3 rings (SSSR count). The lowest BCUT2D eigenvalue weighted by Gasteiger charge is -2.01. The smallest absolute Gasteiger partial charge is 0.187 e. The van der Waals surface area contributed by atoms with Crippen LogP contribution >= 0.6 is 11.3 Å². The molecule has 0 aliphatic carbocycles. The molecule has 2 aromatic carbocycles. The van der Waals surface area contributed by atoms with Gasteiger partial charge in [-0.05, 0) is 48.5 Å². The SMILES string of the molecule is Fc1ccc(Nc2nc(-c3ccc(F)cc3)cs2)cc1. The Balaban J connectivity index is 1.80. The lowest BCUT2D eigenvalue weighted by molar-refractivity contribution is 0.627. The van der Waals surface area contributed by atoms with Crippen molar-refractivity contribution in [2.75, 3.05) is 5.32 Å². The van der Waals surface area contributed by atoms with Crippen molar-refractivity contribution in [3.8, 4) is 11.3 Å².